The van der Waals surface area contributed by atoms with Crippen molar-refractivity contribution in [1.82, 2.24) is 0 Å². The van der Waals surface area contributed by atoms with E-state index in [1.807, 2.05) is 30.3 Å². The third-order valence-electron chi connectivity index (χ3n) is 4.34. The zero-order chi connectivity index (χ0) is 16.8. The molecule has 4 heteroatoms. The van der Waals surface area contributed by atoms with Crippen molar-refractivity contribution in [3.8, 4) is 0 Å². The number of hydrogen-bond donors (Lipinski definition) is 2. The fourth-order valence-electron chi connectivity index (χ4n) is 3.32. The number of benzene rings is 4. The number of carboxylic acids is 2. The molecule has 0 saturated carbocycles. The lowest BCUT2D eigenvalue weighted by atomic mass is 9.91. The molecule has 4 aromatic rings. The molecule has 2 N–H and O–H groups in total. The van der Waals surface area contributed by atoms with E-state index in [0.29, 0.717) is 5.39 Å². The Morgan fingerprint density at radius 1 is 0.625 bits per heavy atom. The van der Waals surface area contributed by atoms with Crippen LogP contribution in [0.25, 0.3) is 32.3 Å². The van der Waals surface area contributed by atoms with E-state index < -0.39 is 11.9 Å². The summed E-state index contributed by atoms with van der Waals surface area (Å²) in [5.41, 5.74) is 0.453. The molecule has 0 atom stereocenters. The first-order valence-electron chi connectivity index (χ1n) is 7.41. The molecule has 0 saturated heterocycles. The van der Waals surface area contributed by atoms with Crippen molar-refractivity contribution < 1.29 is 19.8 Å². The minimum Gasteiger partial charge on any atom is -0.478 e. The zero-order valence-corrected chi connectivity index (χ0v) is 12.5. The predicted octanol–water partition coefficient (Wildman–Crippen LogP) is 4.54. The Balaban J connectivity index is 2.33. The van der Waals surface area contributed by atoms with E-state index in [4.69, 9.17) is 0 Å². The van der Waals surface area contributed by atoms with Gasteiger partial charge in [-0.05, 0) is 45.1 Å². The van der Waals surface area contributed by atoms with Crippen LogP contribution in [0.15, 0.2) is 60.7 Å². The Labute approximate surface area is 136 Å². The predicted molar refractivity (Wildman–Crippen MR) is 92.9 cm³/mol. The number of carbonyl (C=O) groups is 2. The molecule has 4 rings (SSSR count). The fraction of sp³-hybridized carbons (Fsp3) is 0. The molecule has 0 aromatic heterocycles. The Kier molecular flexibility index (Phi) is 3.00. The molecule has 0 aliphatic carbocycles. The van der Waals surface area contributed by atoms with Gasteiger partial charge in [0, 0.05) is 5.39 Å². The summed E-state index contributed by atoms with van der Waals surface area (Å²) < 4.78 is 0. The number of fused-ring (bicyclic) bond motifs is 6. The molecular weight excluding hydrogens is 304 g/mol. The van der Waals surface area contributed by atoms with Crippen LogP contribution in [-0.2, 0) is 0 Å². The second kappa shape index (κ2) is 5.06. The molecule has 0 spiro atoms. The van der Waals surface area contributed by atoms with Gasteiger partial charge in [0.25, 0.3) is 0 Å². The number of hydrogen-bond acceptors (Lipinski definition) is 2. The van der Waals surface area contributed by atoms with Gasteiger partial charge in [-0.2, -0.15) is 0 Å². The molecule has 116 valence electrons. The van der Waals surface area contributed by atoms with Gasteiger partial charge in [0.1, 0.15) is 0 Å². The van der Waals surface area contributed by atoms with Gasteiger partial charge in [-0.15, -0.1) is 0 Å². The summed E-state index contributed by atoms with van der Waals surface area (Å²) in [6.45, 7) is 0. The molecular formula is C20H12O4. The van der Waals surface area contributed by atoms with Crippen molar-refractivity contribution in [2.24, 2.45) is 0 Å². The SMILES string of the molecule is O=C(O)c1ccc2c(c1)c1ccccc1c1c(C(=O)O)cccc21. The Hall–Kier alpha value is -3.40. The lowest BCUT2D eigenvalue weighted by Gasteiger charge is -2.12. The molecule has 4 aromatic carbocycles. The Bertz CT molecular complexity index is 1120. The molecule has 0 bridgehead atoms. The highest BCUT2D eigenvalue weighted by Crippen LogP contribution is 2.37. The second-order valence-corrected chi connectivity index (χ2v) is 5.64. The molecule has 0 unspecified atom stereocenters. The standard InChI is InChI=1S/C20H12O4/c21-19(22)11-8-9-13-15-6-3-7-16(20(23)24)18(15)14-5-2-1-4-12(14)17(13)10-11/h1-10H,(H,21,22)(H,23,24). The van der Waals surface area contributed by atoms with Gasteiger partial charge in [0.2, 0.25) is 0 Å². The molecule has 24 heavy (non-hydrogen) atoms. The van der Waals surface area contributed by atoms with Crippen molar-refractivity contribution in [3.05, 3.63) is 71.8 Å². The van der Waals surface area contributed by atoms with Gasteiger partial charge in [-0.25, -0.2) is 9.59 Å². The fourth-order valence-corrected chi connectivity index (χ4v) is 3.32. The van der Waals surface area contributed by atoms with Crippen LogP contribution < -0.4 is 0 Å². The van der Waals surface area contributed by atoms with E-state index in [2.05, 4.69) is 0 Å². The van der Waals surface area contributed by atoms with Gasteiger partial charge in [0.05, 0.1) is 11.1 Å². The zero-order valence-electron chi connectivity index (χ0n) is 12.5. The van der Waals surface area contributed by atoms with Gasteiger partial charge in [0.15, 0.2) is 0 Å². The maximum Gasteiger partial charge on any atom is 0.336 e. The normalized spacial score (nSPS) is 11.2. The second-order valence-electron chi connectivity index (χ2n) is 5.64. The smallest absolute Gasteiger partial charge is 0.336 e. The lowest BCUT2D eigenvalue weighted by Crippen LogP contribution is -1.99. The monoisotopic (exact) mass is 316 g/mol. The average Bonchev–Trinajstić information content (AvgIpc) is 2.60. The first kappa shape index (κ1) is 14.2. The van der Waals surface area contributed by atoms with Crippen molar-refractivity contribution in [2.45, 2.75) is 0 Å². The maximum absolute atomic E-state index is 11.7. The molecule has 0 radical (unpaired) electrons. The van der Waals surface area contributed by atoms with Gasteiger partial charge in [-0.3, -0.25) is 0 Å². The van der Waals surface area contributed by atoms with Crippen molar-refractivity contribution in [1.29, 1.82) is 0 Å². The van der Waals surface area contributed by atoms with Crippen LogP contribution in [0.5, 0.6) is 0 Å². The number of rotatable bonds is 2. The quantitative estimate of drug-likeness (QED) is 0.532. The topological polar surface area (TPSA) is 74.6 Å². The highest BCUT2D eigenvalue weighted by molar-refractivity contribution is 6.29. The average molecular weight is 316 g/mol. The highest BCUT2D eigenvalue weighted by Gasteiger charge is 2.15. The molecule has 0 heterocycles. The largest absolute Gasteiger partial charge is 0.478 e. The van der Waals surface area contributed by atoms with E-state index in [0.717, 1.165) is 26.9 Å². The molecule has 0 aliphatic heterocycles. The van der Waals surface area contributed by atoms with E-state index in [1.54, 1.807) is 30.3 Å². The van der Waals surface area contributed by atoms with Crippen molar-refractivity contribution in [3.63, 3.8) is 0 Å². The Morgan fingerprint density at radius 2 is 1.25 bits per heavy atom. The highest BCUT2D eigenvalue weighted by atomic mass is 16.4. The van der Waals surface area contributed by atoms with Gasteiger partial charge in [-0.1, -0.05) is 42.5 Å². The third kappa shape index (κ3) is 1.93. The molecule has 4 nitrogen and oxygen atoms in total. The number of aromatic carboxylic acids is 2. The van der Waals surface area contributed by atoms with Crippen LogP contribution in [-0.4, -0.2) is 22.2 Å². The summed E-state index contributed by atoms with van der Waals surface area (Å²) in [6, 6.07) is 17.6. The molecule has 0 amide bonds. The van der Waals surface area contributed by atoms with Crippen LogP contribution in [0.4, 0.5) is 0 Å². The molecule has 0 aliphatic rings. The van der Waals surface area contributed by atoms with Crippen LogP contribution in [0.3, 0.4) is 0 Å². The van der Waals surface area contributed by atoms with Crippen molar-refractivity contribution >= 4 is 44.3 Å². The van der Waals surface area contributed by atoms with E-state index in [1.165, 1.54) is 0 Å². The summed E-state index contributed by atoms with van der Waals surface area (Å²) in [5.74, 6) is -1.97. The number of carboxylic acid groups (broad SMARTS) is 2. The Morgan fingerprint density at radius 3 is 1.92 bits per heavy atom. The lowest BCUT2D eigenvalue weighted by molar-refractivity contribution is 0.0687. The van der Waals surface area contributed by atoms with E-state index >= 15 is 0 Å². The van der Waals surface area contributed by atoms with E-state index in [9.17, 15) is 19.8 Å². The first-order chi connectivity index (χ1) is 11.6. The maximum atomic E-state index is 11.7. The third-order valence-corrected chi connectivity index (χ3v) is 4.34. The summed E-state index contributed by atoms with van der Waals surface area (Å²) >= 11 is 0. The molecule has 0 fully saturated rings. The summed E-state index contributed by atoms with van der Waals surface area (Å²) in [4.78, 5) is 23.0. The van der Waals surface area contributed by atoms with Gasteiger partial charge < -0.3 is 10.2 Å². The van der Waals surface area contributed by atoms with Crippen LogP contribution in [0.2, 0.25) is 0 Å². The van der Waals surface area contributed by atoms with E-state index in [-0.39, 0.29) is 11.1 Å². The van der Waals surface area contributed by atoms with Crippen LogP contribution in [0.1, 0.15) is 20.7 Å². The van der Waals surface area contributed by atoms with Gasteiger partial charge >= 0.3 is 11.9 Å². The van der Waals surface area contributed by atoms with Crippen molar-refractivity contribution in [2.75, 3.05) is 0 Å². The minimum absolute atomic E-state index is 0.210. The summed E-state index contributed by atoms with van der Waals surface area (Å²) in [7, 11) is 0. The van der Waals surface area contributed by atoms with Crippen LogP contribution >= 0.6 is 0 Å². The minimum atomic E-state index is -0.986. The first-order valence-corrected chi connectivity index (χ1v) is 7.41. The van der Waals surface area contributed by atoms with Crippen LogP contribution in [0, 0.1) is 0 Å². The summed E-state index contributed by atoms with van der Waals surface area (Å²) in [6.07, 6.45) is 0. The summed E-state index contributed by atoms with van der Waals surface area (Å²) in [5, 5.41) is 23.6.